The molecular weight excluding hydrogens is 320 g/mol. The average Bonchev–Trinajstić information content (AvgIpc) is 2.62. The number of rotatable bonds is 5. The standard InChI is InChI=1S/C18H18N4O3/c23-18(13-21-11-5-8-14-6-1-3-9-16(14)21)20-19-12-15-7-2-4-10-17(15)22(24)25/h1-4,6-7,9-10,12H,5,8,11,13H2,(H,20,23)/b19-12-. The van der Waals surface area contributed by atoms with E-state index >= 15 is 0 Å². The lowest BCUT2D eigenvalue weighted by Gasteiger charge is -2.30. The number of para-hydroxylation sites is 2. The summed E-state index contributed by atoms with van der Waals surface area (Å²) in [6.45, 7) is 1.02. The second kappa shape index (κ2) is 7.57. The van der Waals surface area contributed by atoms with Crippen molar-refractivity contribution in [1.29, 1.82) is 0 Å². The third kappa shape index (κ3) is 4.00. The lowest BCUT2D eigenvalue weighted by Crippen LogP contribution is -2.38. The van der Waals surface area contributed by atoms with E-state index < -0.39 is 4.92 Å². The smallest absolute Gasteiger partial charge is 0.278 e. The van der Waals surface area contributed by atoms with Gasteiger partial charge in [-0.25, -0.2) is 5.43 Å². The first-order chi connectivity index (χ1) is 12.1. The van der Waals surface area contributed by atoms with Crippen LogP contribution in [0.5, 0.6) is 0 Å². The van der Waals surface area contributed by atoms with Gasteiger partial charge in [-0.05, 0) is 30.5 Å². The lowest BCUT2D eigenvalue weighted by molar-refractivity contribution is -0.385. The molecule has 128 valence electrons. The normalized spacial score (nSPS) is 13.5. The molecular formula is C18H18N4O3. The molecule has 0 saturated carbocycles. The number of aryl methyl sites for hydroxylation is 1. The van der Waals surface area contributed by atoms with E-state index in [0.29, 0.717) is 5.56 Å². The fourth-order valence-corrected chi connectivity index (χ4v) is 2.92. The van der Waals surface area contributed by atoms with E-state index in [1.165, 1.54) is 17.8 Å². The molecule has 0 saturated heterocycles. The van der Waals surface area contributed by atoms with Crippen molar-refractivity contribution in [3.63, 3.8) is 0 Å². The Morgan fingerprint density at radius 2 is 2.00 bits per heavy atom. The molecule has 2 aromatic rings. The Hall–Kier alpha value is -3.22. The van der Waals surface area contributed by atoms with Gasteiger partial charge in [-0.1, -0.05) is 30.3 Å². The Morgan fingerprint density at radius 1 is 1.24 bits per heavy atom. The molecule has 0 bridgehead atoms. The minimum Gasteiger partial charge on any atom is -0.362 e. The summed E-state index contributed by atoms with van der Waals surface area (Å²) in [5, 5.41) is 14.8. The number of fused-ring (bicyclic) bond motifs is 1. The number of nitro benzene ring substituents is 1. The number of carbonyl (C=O) groups is 1. The summed E-state index contributed by atoms with van der Waals surface area (Å²) in [5.74, 6) is -0.258. The van der Waals surface area contributed by atoms with Crippen molar-refractivity contribution in [3.05, 3.63) is 69.8 Å². The largest absolute Gasteiger partial charge is 0.362 e. The monoisotopic (exact) mass is 338 g/mol. The molecule has 3 rings (SSSR count). The number of amides is 1. The highest BCUT2D eigenvalue weighted by Crippen LogP contribution is 2.26. The van der Waals surface area contributed by atoms with E-state index in [1.54, 1.807) is 18.2 Å². The Kier molecular flexibility index (Phi) is 5.03. The van der Waals surface area contributed by atoms with Crippen LogP contribution >= 0.6 is 0 Å². The van der Waals surface area contributed by atoms with E-state index in [2.05, 4.69) is 16.6 Å². The average molecular weight is 338 g/mol. The summed E-state index contributed by atoms with van der Waals surface area (Å²) in [4.78, 5) is 24.6. The summed E-state index contributed by atoms with van der Waals surface area (Å²) in [7, 11) is 0. The first-order valence-electron chi connectivity index (χ1n) is 8.03. The van der Waals surface area contributed by atoms with Crippen LogP contribution in [0.3, 0.4) is 0 Å². The van der Waals surface area contributed by atoms with Gasteiger partial charge < -0.3 is 4.90 Å². The zero-order chi connectivity index (χ0) is 17.6. The third-order valence-corrected chi connectivity index (χ3v) is 4.07. The number of nitrogens with one attached hydrogen (secondary N) is 1. The molecule has 0 aromatic heterocycles. The van der Waals surface area contributed by atoms with Crippen molar-refractivity contribution in [2.75, 3.05) is 18.0 Å². The zero-order valence-corrected chi connectivity index (χ0v) is 13.6. The number of hydrogen-bond acceptors (Lipinski definition) is 5. The molecule has 0 aliphatic carbocycles. The second-order valence-corrected chi connectivity index (χ2v) is 5.76. The molecule has 7 heteroatoms. The van der Waals surface area contributed by atoms with Crippen LogP contribution in [-0.4, -0.2) is 30.1 Å². The van der Waals surface area contributed by atoms with E-state index in [0.717, 1.165) is 25.1 Å². The van der Waals surface area contributed by atoms with Crippen LogP contribution in [0.15, 0.2) is 53.6 Å². The van der Waals surface area contributed by atoms with Crippen molar-refractivity contribution in [1.82, 2.24) is 5.43 Å². The van der Waals surface area contributed by atoms with Gasteiger partial charge in [-0.15, -0.1) is 0 Å². The highest BCUT2D eigenvalue weighted by molar-refractivity contribution is 5.87. The number of hydrogen-bond donors (Lipinski definition) is 1. The number of nitro groups is 1. The van der Waals surface area contributed by atoms with E-state index in [4.69, 9.17) is 0 Å². The number of carbonyl (C=O) groups excluding carboxylic acids is 1. The molecule has 0 unspecified atom stereocenters. The minimum absolute atomic E-state index is 0.0505. The predicted molar refractivity (Wildman–Crippen MR) is 95.8 cm³/mol. The van der Waals surface area contributed by atoms with Gasteiger partial charge in [0.2, 0.25) is 0 Å². The quantitative estimate of drug-likeness (QED) is 0.515. The van der Waals surface area contributed by atoms with Crippen molar-refractivity contribution >= 4 is 23.5 Å². The molecule has 2 aromatic carbocycles. The van der Waals surface area contributed by atoms with Gasteiger partial charge in [-0.2, -0.15) is 5.10 Å². The molecule has 0 spiro atoms. The van der Waals surface area contributed by atoms with Crippen LogP contribution in [-0.2, 0) is 11.2 Å². The molecule has 7 nitrogen and oxygen atoms in total. The van der Waals surface area contributed by atoms with Crippen LogP contribution in [0.25, 0.3) is 0 Å². The van der Waals surface area contributed by atoms with Crippen molar-refractivity contribution in [3.8, 4) is 0 Å². The van der Waals surface area contributed by atoms with E-state index in [-0.39, 0.29) is 18.1 Å². The molecule has 0 fully saturated rings. The summed E-state index contributed by atoms with van der Waals surface area (Å²) in [6, 6.07) is 14.3. The molecule has 1 heterocycles. The zero-order valence-electron chi connectivity index (χ0n) is 13.6. The van der Waals surface area contributed by atoms with Gasteiger partial charge in [0.15, 0.2) is 0 Å². The van der Waals surface area contributed by atoms with E-state index in [1.807, 2.05) is 23.1 Å². The molecule has 1 amide bonds. The van der Waals surface area contributed by atoms with Gasteiger partial charge in [-0.3, -0.25) is 14.9 Å². The Bertz CT molecular complexity index is 819. The third-order valence-electron chi connectivity index (χ3n) is 4.07. The number of hydrazone groups is 1. The summed E-state index contributed by atoms with van der Waals surface area (Å²) in [6.07, 6.45) is 3.31. The lowest BCUT2D eigenvalue weighted by atomic mass is 10.0. The maximum atomic E-state index is 12.1. The summed E-state index contributed by atoms with van der Waals surface area (Å²) >= 11 is 0. The van der Waals surface area contributed by atoms with Crippen LogP contribution in [0.1, 0.15) is 17.5 Å². The molecule has 1 N–H and O–H groups in total. The highest BCUT2D eigenvalue weighted by Gasteiger charge is 2.18. The van der Waals surface area contributed by atoms with Crippen LogP contribution in [0, 0.1) is 10.1 Å². The second-order valence-electron chi connectivity index (χ2n) is 5.76. The summed E-state index contributed by atoms with van der Waals surface area (Å²) in [5.41, 5.74) is 5.05. The molecule has 1 aliphatic heterocycles. The summed E-state index contributed by atoms with van der Waals surface area (Å²) < 4.78 is 0. The number of nitrogens with zero attached hydrogens (tertiary/aromatic N) is 3. The van der Waals surface area contributed by atoms with Gasteiger partial charge >= 0.3 is 0 Å². The maximum Gasteiger partial charge on any atom is 0.278 e. The van der Waals surface area contributed by atoms with Crippen molar-refractivity contribution < 1.29 is 9.72 Å². The number of benzene rings is 2. The SMILES string of the molecule is O=C(CN1CCCc2ccccc21)N/N=C\c1ccccc1[N+](=O)[O-]. The Labute approximate surface area is 145 Å². The van der Waals surface area contributed by atoms with Crippen LogP contribution in [0.4, 0.5) is 11.4 Å². The molecule has 0 radical (unpaired) electrons. The Morgan fingerprint density at radius 3 is 2.84 bits per heavy atom. The molecule has 1 aliphatic rings. The Balaban J connectivity index is 1.62. The topological polar surface area (TPSA) is 87.8 Å². The fraction of sp³-hybridized carbons (Fsp3) is 0.222. The first-order valence-corrected chi connectivity index (χ1v) is 8.03. The van der Waals surface area contributed by atoms with E-state index in [9.17, 15) is 14.9 Å². The van der Waals surface area contributed by atoms with Gasteiger partial charge in [0, 0.05) is 18.3 Å². The maximum absolute atomic E-state index is 12.1. The minimum atomic E-state index is -0.478. The fourth-order valence-electron chi connectivity index (χ4n) is 2.92. The van der Waals surface area contributed by atoms with Crippen LogP contribution in [0.2, 0.25) is 0 Å². The van der Waals surface area contributed by atoms with Crippen molar-refractivity contribution in [2.45, 2.75) is 12.8 Å². The molecule has 0 atom stereocenters. The number of anilines is 1. The van der Waals surface area contributed by atoms with Crippen LogP contribution < -0.4 is 10.3 Å². The van der Waals surface area contributed by atoms with Gasteiger partial charge in [0.25, 0.3) is 11.6 Å². The van der Waals surface area contributed by atoms with Gasteiger partial charge in [0.05, 0.1) is 23.2 Å². The predicted octanol–water partition coefficient (Wildman–Crippen LogP) is 2.50. The molecule has 25 heavy (non-hydrogen) atoms. The first kappa shape index (κ1) is 16.6. The van der Waals surface area contributed by atoms with Crippen molar-refractivity contribution in [2.24, 2.45) is 5.10 Å². The van der Waals surface area contributed by atoms with Gasteiger partial charge in [0.1, 0.15) is 0 Å². The highest BCUT2D eigenvalue weighted by atomic mass is 16.6.